The summed E-state index contributed by atoms with van der Waals surface area (Å²) in [5.74, 6) is -3.60. The SMILES string of the molecule is N[C@H]1C[n+]2c([nH]c3cnc(F)cc32)C[C@@H]1c1cc(F)c(F)cc1F. The molecule has 8 heteroatoms. The fourth-order valence-electron chi connectivity index (χ4n) is 3.34. The number of aromatic nitrogens is 3. The van der Waals surface area contributed by atoms with Crippen LogP contribution < -0.4 is 10.3 Å². The Morgan fingerprint density at radius 1 is 1.08 bits per heavy atom. The normalized spacial score (nSPS) is 20.4. The lowest BCUT2D eigenvalue weighted by Gasteiger charge is -2.26. The number of pyridine rings is 1. The molecule has 1 aromatic carbocycles. The van der Waals surface area contributed by atoms with E-state index < -0.39 is 35.4 Å². The van der Waals surface area contributed by atoms with Gasteiger partial charge < -0.3 is 5.73 Å². The molecule has 0 saturated heterocycles. The van der Waals surface area contributed by atoms with Crippen molar-refractivity contribution in [2.24, 2.45) is 5.73 Å². The third kappa shape index (κ3) is 2.25. The molecular weight excluding hydrogens is 324 g/mol. The average Bonchev–Trinajstić information content (AvgIpc) is 2.87. The van der Waals surface area contributed by atoms with E-state index in [-0.39, 0.29) is 5.56 Å². The van der Waals surface area contributed by atoms with Gasteiger partial charge in [0.2, 0.25) is 5.95 Å². The summed E-state index contributed by atoms with van der Waals surface area (Å²) in [7, 11) is 0. The summed E-state index contributed by atoms with van der Waals surface area (Å²) >= 11 is 0. The average molecular weight is 337 g/mol. The number of imidazole rings is 1. The molecule has 3 heterocycles. The molecule has 4 nitrogen and oxygen atoms in total. The lowest BCUT2D eigenvalue weighted by Crippen LogP contribution is -2.53. The summed E-state index contributed by atoms with van der Waals surface area (Å²) in [5.41, 5.74) is 7.42. The van der Waals surface area contributed by atoms with Gasteiger partial charge >= 0.3 is 0 Å². The van der Waals surface area contributed by atoms with Crippen molar-refractivity contribution in [2.45, 2.75) is 24.9 Å². The number of benzene rings is 1. The minimum atomic E-state index is -1.23. The smallest absolute Gasteiger partial charge is 0.255 e. The number of nitrogens with zero attached hydrogens (tertiary/aromatic N) is 2. The van der Waals surface area contributed by atoms with E-state index in [1.165, 1.54) is 12.3 Å². The van der Waals surface area contributed by atoms with E-state index in [1.807, 2.05) is 0 Å². The van der Waals surface area contributed by atoms with E-state index in [9.17, 15) is 17.6 Å². The predicted octanol–water partition coefficient (Wildman–Crippen LogP) is 2.07. The third-order valence-corrected chi connectivity index (χ3v) is 4.51. The molecule has 2 atom stereocenters. The second-order valence-corrected chi connectivity index (χ2v) is 5.97. The second kappa shape index (κ2) is 5.27. The van der Waals surface area contributed by atoms with Crippen LogP contribution in [0.5, 0.6) is 0 Å². The molecule has 2 aromatic heterocycles. The van der Waals surface area contributed by atoms with Gasteiger partial charge in [0.05, 0.1) is 18.7 Å². The number of fused-ring (bicyclic) bond motifs is 3. The number of aromatic amines is 1. The van der Waals surface area contributed by atoms with Crippen molar-refractivity contribution >= 4 is 11.0 Å². The maximum Gasteiger partial charge on any atom is 0.255 e. The molecule has 0 saturated carbocycles. The van der Waals surface area contributed by atoms with Crippen LogP contribution >= 0.6 is 0 Å². The number of nitrogens with one attached hydrogen (secondary N) is 1. The Morgan fingerprint density at radius 3 is 2.62 bits per heavy atom. The number of H-pyrrole nitrogens is 1. The molecule has 0 radical (unpaired) electrons. The first-order valence-corrected chi connectivity index (χ1v) is 7.40. The number of nitrogens with two attached hydrogens (primary N) is 1. The number of rotatable bonds is 1. The molecule has 4 rings (SSSR count). The molecule has 3 aromatic rings. The molecule has 0 amide bonds. The minimum absolute atomic E-state index is 0.0376. The molecule has 1 aliphatic heterocycles. The van der Waals surface area contributed by atoms with Crippen LogP contribution in [0.3, 0.4) is 0 Å². The first-order valence-electron chi connectivity index (χ1n) is 7.40. The Hall–Kier alpha value is -2.48. The Labute approximate surface area is 133 Å². The fourth-order valence-corrected chi connectivity index (χ4v) is 3.34. The Balaban J connectivity index is 1.80. The highest BCUT2D eigenvalue weighted by Gasteiger charge is 2.36. The molecule has 1 aliphatic rings. The van der Waals surface area contributed by atoms with Crippen LogP contribution in [0.4, 0.5) is 17.6 Å². The highest BCUT2D eigenvalue weighted by Crippen LogP contribution is 2.30. The van der Waals surface area contributed by atoms with Gasteiger partial charge in [0.25, 0.3) is 5.82 Å². The monoisotopic (exact) mass is 337 g/mol. The van der Waals surface area contributed by atoms with Crippen LogP contribution in [-0.2, 0) is 13.0 Å². The molecule has 3 N–H and O–H groups in total. The van der Waals surface area contributed by atoms with E-state index >= 15 is 0 Å². The largest absolute Gasteiger partial charge is 0.324 e. The maximum absolute atomic E-state index is 14.1. The molecule has 0 fully saturated rings. The van der Waals surface area contributed by atoms with Crippen molar-refractivity contribution in [2.75, 3.05) is 0 Å². The van der Waals surface area contributed by atoms with Crippen LogP contribution in [-0.4, -0.2) is 16.0 Å². The zero-order valence-electron chi connectivity index (χ0n) is 12.4. The third-order valence-electron chi connectivity index (χ3n) is 4.51. The van der Waals surface area contributed by atoms with Crippen molar-refractivity contribution in [1.82, 2.24) is 9.97 Å². The fraction of sp³-hybridized carbons (Fsp3) is 0.250. The van der Waals surface area contributed by atoms with E-state index in [1.54, 1.807) is 4.57 Å². The zero-order chi connectivity index (χ0) is 17.0. The van der Waals surface area contributed by atoms with Crippen LogP contribution in [0.25, 0.3) is 11.0 Å². The van der Waals surface area contributed by atoms with Crippen molar-refractivity contribution in [3.63, 3.8) is 0 Å². The van der Waals surface area contributed by atoms with Gasteiger partial charge in [0.15, 0.2) is 22.7 Å². The molecular formula is C16H13F4N4+. The topological polar surface area (TPSA) is 58.6 Å². The standard InChI is InChI=1S/C16H12F4N4/c17-9-3-11(19)10(18)1-7(9)8-2-16-23-13-5-22-15(20)4-14(13)24(16)6-12(8)21/h1,3-5,8,12H,2,6,21H2/p+1/t8-,12+/m1/s1. The maximum atomic E-state index is 14.1. The van der Waals surface area contributed by atoms with E-state index in [4.69, 9.17) is 5.73 Å². The quantitative estimate of drug-likeness (QED) is 0.309. The van der Waals surface area contributed by atoms with Gasteiger partial charge in [-0.05, 0) is 11.6 Å². The highest BCUT2D eigenvalue weighted by atomic mass is 19.2. The van der Waals surface area contributed by atoms with E-state index in [2.05, 4.69) is 9.97 Å². The van der Waals surface area contributed by atoms with Crippen LogP contribution in [0.15, 0.2) is 24.4 Å². The van der Waals surface area contributed by atoms with Gasteiger partial charge in [-0.2, -0.15) is 4.39 Å². The summed E-state index contributed by atoms with van der Waals surface area (Å²) in [4.78, 5) is 6.69. The zero-order valence-corrected chi connectivity index (χ0v) is 12.4. The van der Waals surface area contributed by atoms with Crippen molar-refractivity contribution < 1.29 is 22.1 Å². The number of hydrogen-bond acceptors (Lipinski definition) is 2. The molecule has 124 valence electrons. The van der Waals surface area contributed by atoms with Gasteiger partial charge in [-0.3, -0.25) is 0 Å². The van der Waals surface area contributed by atoms with Gasteiger partial charge in [-0.15, -0.1) is 0 Å². The molecule has 0 aliphatic carbocycles. The van der Waals surface area contributed by atoms with Crippen LogP contribution in [0.1, 0.15) is 17.3 Å². The Kier molecular flexibility index (Phi) is 3.31. The number of halogens is 4. The minimum Gasteiger partial charge on any atom is -0.324 e. The molecule has 0 spiro atoms. The van der Waals surface area contributed by atoms with Gasteiger partial charge in [-0.1, -0.05) is 0 Å². The lowest BCUT2D eigenvalue weighted by atomic mass is 9.86. The Morgan fingerprint density at radius 2 is 1.83 bits per heavy atom. The first kappa shape index (κ1) is 15.1. The van der Waals surface area contributed by atoms with E-state index in [0.717, 1.165) is 6.07 Å². The van der Waals surface area contributed by atoms with Crippen molar-refractivity contribution in [3.05, 3.63) is 59.2 Å². The van der Waals surface area contributed by atoms with Gasteiger partial charge in [-0.25, -0.2) is 27.7 Å². The summed E-state index contributed by atoms with van der Waals surface area (Å²) in [5, 5.41) is 0. The molecule has 0 unspecified atom stereocenters. The van der Waals surface area contributed by atoms with Gasteiger partial charge in [0, 0.05) is 18.1 Å². The predicted molar refractivity (Wildman–Crippen MR) is 77.0 cm³/mol. The van der Waals surface area contributed by atoms with Crippen LogP contribution in [0, 0.1) is 23.4 Å². The highest BCUT2D eigenvalue weighted by molar-refractivity contribution is 5.69. The van der Waals surface area contributed by atoms with Crippen LogP contribution in [0.2, 0.25) is 0 Å². The van der Waals surface area contributed by atoms with Crippen molar-refractivity contribution in [1.29, 1.82) is 0 Å². The molecule has 0 bridgehead atoms. The Bertz CT molecular complexity index is 953. The second-order valence-electron chi connectivity index (χ2n) is 5.97. The summed E-state index contributed by atoms with van der Waals surface area (Å²) < 4.78 is 55.9. The summed E-state index contributed by atoms with van der Waals surface area (Å²) in [6.45, 7) is 0.294. The summed E-state index contributed by atoms with van der Waals surface area (Å²) in [6.07, 6.45) is 1.66. The summed E-state index contributed by atoms with van der Waals surface area (Å²) in [6, 6.07) is 2.15. The molecule has 24 heavy (non-hydrogen) atoms. The lowest BCUT2D eigenvalue weighted by molar-refractivity contribution is -0.686. The van der Waals surface area contributed by atoms with Crippen molar-refractivity contribution in [3.8, 4) is 0 Å². The number of hydrogen-bond donors (Lipinski definition) is 2. The van der Waals surface area contributed by atoms with E-state index in [0.29, 0.717) is 35.9 Å². The first-order chi connectivity index (χ1) is 11.4. The van der Waals surface area contributed by atoms with Gasteiger partial charge in [0.1, 0.15) is 12.4 Å².